The maximum absolute atomic E-state index is 9.44. The van der Waals surface area contributed by atoms with E-state index in [4.69, 9.17) is 11.6 Å². The maximum atomic E-state index is 9.44. The summed E-state index contributed by atoms with van der Waals surface area (Å²) in [7, 11) is 0. The minimum absolute atomic E-state index is 0.451. The number of nitrogens with zero attached hydrogens (tertiary/aromatic N) is 2. The molecule has 0 radical (unpaired) electrons. The van der Waals surface area contributed by atoms with Gasteiger partial charge in [0.2, 0.25) is 0 Å². The topological polar surface area (TPSA) is 38.0 Å². The Bertz CT molecular complexity index is 529. The van der Waals surface area contributed by atoms with E-state index in [1.165, 1.54) is 0 Å². The summed E-state index contributed by atoms with van der Waals surface area (Å²) in [5.74, 6) is 0. The third kappa shape index (κ3) is 2.21. The third-order valence-corrected chi connectivity index (χ3v) is 3.37. The first-order chi connectivity index (χ1) is 8.00. The molecule has 0 amide bonds. The molecule has 0 saturated heterocycles. The van der Waals surface area contributed by atoms with Crippen LogP contribution in [0.3, 0.4) is 0 Å². The van der Waals surface area contributed by atoms with E-state index in [-0.39, 0.29) is 0 Å². The molecule has 1 aromatic heterocycles. The summed E-state index contributed by atoms with van der Waals surface area (Å²) in [5.41, 5.74) is 3.58. The van der Waals surface area contributed by atoms with E-state index in [0.29, 0.717) is 5.02 Å². The molecule has 0 aliphatic rings. The van der Waals surface area contributed by atoms with Crippen molar-refractivity contribution in [1.82, 2.24) is 9.78 Å². The highest BCUT2D eigenvalue weighted by molar-refractivity contribution is 6.31. The van der Waals surface area contributed by atoms with Crippen molar-refractivity contribution < 1.29 is 5.11 Å². The Labute approximate surface area is 106 Å². The Morgan fingerprint density at radius 3 is 2.24 bits per heavy atom. The number of aliphatic hydroxyl groups excluding tert-OH is 1. The summed E-state index contributed by atoms with van der Waals surface area (Å²) in [6.45, 7) is 5.57. The van der Waals surface area contributed by atoms with Gasteiger partial charge in [-0.2, -0.15) is 5.10 Å². The number of aliphatic hydroxyl groups is 1. The van der Waals surface area contributed by atoms with Crippen LogP contribution in [0.1, 0.15) is 30.0 Å². The van der Waals surface area contributed by atoms with E-state index < -0.39 is 6.10 Å². The third-order valence-electron chi connectivity index (χ3n) is 2.82. The van der Waals surface area contributed by atoms with Gasteiger partial charge in [-0.05, 0) is 38.5 Å². The standard InChI is InChI=1S/C13H15ClN2O/c1-8-13(14)9(2)16(15-8)12-6-4-11(5-7-12)10(3)17/h4-7,10,17H,1-3H3/t10-/m1/s1. The summed E-state index contributed by atoms with van der Waals surface area (Å²) < 4.78 is 1.81. The van der Waals surface area contributed by atoms with Gasteiger partial charge in [0, 0.05) is 0 Å². The molecule has 1 heterocycles. The number of halogens is 1. The maximum Gasteiger partial charge on any atom is 0.0848 e. The van der Waals surface area contributed by atoms with Crippen LogP contribution in [0.5, 0.6) is 0 Å². The molecule has 2 rings (SSSR count). The average molecular weight is 251 g/mol. The van der Waals surface area contributed by atoms with Crippen LogP contribution in [0.2, 0.25) is 5.02 Å². The van der Waals surface area contributed by atoms with Gasteiger partial charge in [0.1, 0.15) is 0 Å². The largest absolute Gasteiger partial charge is 0.389 e. The quantitative estimate of drug-likeness (QED) is 0.889. The lowest BCUT2D eigenvalue weighted by molar-refractivity contribution is 0.199. The molecule has 3 nitrogen and oxygen atoms in total. The van der Waals surface area contributed by atoms with Crippen molar-refractivity contribution in [3.63, 3.8) is 0 Å². The van der Waals surface area contributed by atoms with Crippen molar-refractivity contribution in [2.45, 2.75) is 26.9 Å². The average Bonchev–Trinajstić information content (AvgIpc) is 2.57. The number of benzene rings is 1. The van der Waals surface area contributed by atoms with E-state index in [0.717, 1.165) is 22.6 Å². The molecule has 1 atom stereocenters. The number of hydrogen-bond acceptors (Lipinski definition) is 2. The Kier molecular flexibility index (Phi) is 3.22. The van der Waals surface area contributed by atoms with Crippen LogP contribution in [-0.2, 0) is 0 Å². The lowest BCUT2D eigenvalue weighted by atomic mass is 10.1. The monoisotopic (exact) mass is 250 g/mol. The lowest BCUT2D eigenvalue weighted by Gasteiger charge is -2.07. The molecule has 0 saturated carbocycles. The molecule has 0 fully saturated rings. The number of aryl methyl sites for hydroxylation is 1. The van der Waals surface area contributed by atoms with Crippen molar-refractivity contribution in [1.29, 1.82) is 0 Å². The van der Waals surface area contributed by atoms with E-state index in [2.05, 4.69) is 5.10 Å². The Balaban J connectivity index is 2.43. The highest BCUT2D eigenvalue weighted by Gasteiger charge is 2.10. The van der Waals surface area contributed by atoms with Crippen LogP contribution in [0.4, 0.5) is 0 Å². The minimum atomic E-state index is -0.451. The summed E-state index contributed by atoms with van der Waals surface area (Å²) >= 11 is 6.11. The fraction of sp³-hybridized carbons (Fsp3) is 0.308. The first-order valence-corrected chi connectivity index (χ1v) is 5.88. The first kappa shape index (κ1) is 12.1. The van der Waals surface area contributed by atoms with E-state index in [1.807, 2.05) is 42.8 Å². The van der Waals surface area contributed by atoms with Crippen LogP contribution in [0.15, 0.2) is 24.3 Å². The molecule has 0 spiro atoms. The highest BCUT2D eigenvalue weighted by Crippen LogP contribution is 2.23. The zero-order chi connectivity index (χ0) is 12.6. The SMILES string of the molecule is Cc1nn(-c2ccc([C@@H](C)O)cc2)c(C)c1Cl. The molecule has 2 aromatic rings. The second-order valence-electron chi connectivity index (χ2n) is 4.16. The molecule has 0 aliphatic heterocycles. The fourth-order valence-electron chi connectivity index (χ4n) is 1.77. The number of hydrogen-bond donors (Lipinski definition) is 1. The molecule has 1 N–H and O–H groups in total. The van der Waals surface area contributed by atoms with Gasteiger partial charge in [0.25, 0.3) is 0 Å². The van der Waals surface area contributed by atoms with Gasteiger partial charge in [0.15, 0.2) is 0 Å². The van der Waals surface area contributed by atoms with Gasteiger partial charge in [-0.15, -0.1) is 0 Å². The Hall–Kier alpha value is -1.32. The number of aromatic nitrogens is 2. The molecule has 0 aliphatic carbocycles. The van der Waals surface area contributed by atoms with Crippen molar-refractivity contribution >= 4 is 11.6 Å². The van der Waals surface area contributed by atoms with Crippen LogP contribution >= 0.6 is 11.6 Å². The first-order valence-electron chi connectivity index (χ1n) is 5.51. The van der Waals surface area contributed by atoms with Gasteiger partial charge in [-0.25, -0.2) is 4.68 Å². The van der Waals surface area contributed by atoms with Crippen molar-refractivity contribution in [3.05, 3.63) is 46.2 Å². The second-order valence-corrected chi connectivity index (χ2v) is 4.54. The number of rotatable bonds is 2. The van der Waals surface area contributed by atoms with Gasteiger partial charge < -0.3 is 5.11 Å². The fourth-order valence-corrected chi connectivity index (χ4v) is 1.89. The smallest absolute Gasteiger partial charge is 0.0848 e. The van der Waals surface area contributed by atoms with E-state index >= 15 is 0 Å². The lowest BCUT2D eigenvalue weighted by Crippen LogP contribution is -2.00. The van der Waals surface area contributed by atoms with E-state index in [9.17, 15) is 5.11 Å². The molecule has 4 heteroatoms. The van der Waals surface area contributed by atoms with Crippen molar-refractivity contribution in [2.75, 3.05) is 0 Å². The van der Waals surface area contributed by atoms with Gasteiger partial charge in [0.05, 0.1) is 28.2 Å². The molecule has 0 bridgehead atoms. The second kappa shape index (κ2) is 4.51. The molecule has 17 heavy (non-hydrogen) atoms. The Morgan fingerprint density at radius 2 is 1.82 bits per heavy atom. The normalized spacial score (nSPS) is 12.8. The Morgan fingerprint density at radius 1 is 1.24 bits per heavy atom. The van der Waals surface area contributed by atoms with Crippen LogP contribution < -0.4 is 0 Å². The van der Waals surface area contributed by atoms with Gasteiger partial charge >= 0.3 is 0 Å². The summed E-state index contributed by atoms with van der Waals surface area (Å²) in [6, 6.07) is 7.64. The predicted molar refractivity (Wildman–Crippen MR) is 68.7 cm³/mol. The molecular formula is C13H15ClN2O. The van der Waals surface area contributed by atoms with Crippen LogP contribution in [0.25, 0.3) is 5.69 Å². The van der Waals surface area contributed by atoms with Crippen LogP contribution in [-0.4, -0.2) is 14.9 Å². The zero-order valence-electron chi connectivity index (χ0n) is 10.1. The molecule has 0 unspecified atom stereocenters. The molecular weight excluding hydrogens is 236 g/mol. The van der Waals surface area contributed by atoms with Gasteiger partial charge in [-0.3, -0.25) is 0 Å². The van der Waals surface area contributed by atoms with Crippen molar-refractivity contribution in [3.8, 4) is 5.69 Å². The highest BCUT2D eigenvalue weighted by atomic mass is 35.5. The van der Waals surface area contributed by atoms with E-state index in [1.54, 1.807) is 6.92 Å². The molecule has 1 aromatic carbocycles. The van der Waals surface area contributed by atoms with Gasteiger partial charge in [-0.1, -0.05) is 23.7 Å². The summed E-state index contributed by atoms with van der Waals surface area (Å²) in [4.78, 5) is 0. The summed E-state index contributed by atoms with van der Waals surface area (Å²) in [5, 5.41) is 14.5. The van der Waals surface area contributed by atoms with Crippen LogP contribution in [0, 0.1) is 13.8 Å². The summed E-state index contributed by atoms with van der Waals surface area (Å²) in [6.07, 6.45) is -0.451. The zero-order valence-corrected chi connectivity index (χ0v) is 10.9. The van der Waals surface area contributed by atoms with Crippen molar-refractivity contribution in [2.24, 2.45) is 0 Å². The molecule has 90 valence electrons. The predicted octanol–water partition coefficient (Wildman–Crippen LogP) is 3.20. The minimum Gasteiger partial charge on any atom is -0.389 e.